The third-order valence-electron chi connectivity index (χ3n) is 5.34. The molecule has 4 heteroatoms. The Morgan fingerprint density at radius 2 is 1.75 bits per heavy atom. The van der Waals surface area contributed by atoms with Crippen LogP contribution in [0.2, 0.25) is 0 Å². The molecule has 1 atom stereocenters. The first-order chi connectivity index (χ1) is 11.3. The SMILES string of the molecule is CCC(CC)[C@](CCN(C(C)C)C(C)C)(C(N)=O)c1ccccn1. The van der Waals surface area contributed by atoms with E-state index in [9.17, 15) is 4.79 Å². The van der Waals surface area contributed by atoms with E-state index in [4.69, 9.17) is 5.73 Å². The number of aromatic nitrogens is 1. The molecule has 24 heavy (non-hydrogen) atoms. The van der Waals surface area contributed by atoms with Crippen LogP contribution in [0.25, 0.3) is 0 Å². The number of carbonyl (C=O) groups excluding carboxylic acids is 1. The number of primary amides is 1. The van der Waals surface area contributed by atoms with Crippen LogP contribution in [-0.2, 0) is 10.2 Å². The minimum absolute atomic E-state index is 0.200. The van der Waals surface area contributed by atoms with Crippen molar-refractivity contribution in [3.8, 4) is 0 Å². The lowest BCUT2D eigenvalue weighted by atomic mass is 9.67. The number of pyridine rings is 1. The molecule has 0 radical (unpaired) electrons. The van der Waals surface area contributed by atoms with Gasteiger partial charge in [0.25, 0.3) is 0 Å². The molecule has 0 saturated carbocycles. The van der Waals surface area contributed by atoms with E-state index >= 15 is 0 Å². The third-order valence-corrected chi connectivity index (χ3v) is 5.34. The Bertz CT molecular complexity index is 489. The molecule has 1 heterocycles. The highest BCUT2D eigenvalue weighted by molar-refractivity contribution is 5.86. The molecule has 0 spiro atoms. The van der Waals surface area contributed by atoms with Crippen LogP contribution < -0.4 is 5.73 Å². The molecule has 0 aliphatic rings. The summed E-state index contributed by atoms with van der Waals surface area (Å²) in [7, 11) is 0. The lowest BCUT2D eigenvalue weighted by molar-refractivity contribution is -0.126. The third kappa shape index (κ3) is 4.35. The Balaban J connectivity index is 3.29. The zero-order valence-corrected chi connectivity index (χ0v) is 16.2. The first-order valence-electron chi connectivity index (χ1n) is 9.28. The van der Waals surface area contributed by atoms with Crippen molar-refractivity contribution in [3.05, 3.63) is 30.1 Å². The Morgan fingerprint density at radius 3 is 2.12 bits per heavy atom. The summed E-state index contributed by atoms with van der Waals surface area (Å²) in [4.78, 5) is 19.7. The Kier molecular flexibility index (Phi) is 7.88. The number of hydrogen-bond donors (Lipinski definition) is 1. The zero-order chi connectivity index (χ0) is 18.3. The summed E-state index contributed by atoms with van der Waals surface area (Å²) in [6, 6.07) is 6.65. The lowest BCUT2D eigenvalue weighted by Crippen LogP contribution is -2.51. The molecule has 0 fully saturated rings. The average Bonchev–Trinajstić information content (AvgIpc) is 2.54. The van der Waals surface area contributed by atoms with E-state index in [1.54, 1.807) is 6.20 Å². The van der Waals surface area contributed by atoms with Gasteiger partial charge >= 0.3 is 0 Å². The van der Waals surface area contributed by atoms with Crippen LogP contribution in [-0.4, -0.2) is 34.4 Å². The molecule has 0 bridgehead atoms. The molecule has 1 aromatic rings. The van der Waals surface area contributed by atoms with Crippen LogP contribution in [0, 0.1) is 5.92 Å². The highest BCUT2D eigenvalue weighted by Crippen LogP contribution is 2.39. The second-order valence-corrected chi connectivity index (χ2v) is 7.24. The molecule has 136 valence electrons. The standard InChI is InChI=1S/C20H35N3O/c1-7-17(8-2)20(19(21)24,18-11-9-10-13-22-18)12-14-23(15(3)4)16(5)6/h9-11,13,15-17H,7-8,12,14H2,1-6H3,(H2,21,24)/t20-/m0/s1. The van der Waals surface area contributed by atoms with E-state index in [0.717, 1.165) is 25.1 Å². The highest BCUT2D eigenvalue weighted by atomic mass is 16.1. The predicted octanol–water partition coefficient (Wildman–Crippen LogP) is 3.75. The maximum absolute atomic E-state index is 12.7. The van der Waals surface area contributed by atoms with Crippen molar-refractivity contribution in [2.24, 2.45) is 11.7 Å². The van der Waals surface area contributed by atoms with Crippen molar-refractivity contribution >= 4 is 5.91 Å². The Hall–Kier alpha value is -1.42. The van der Waals surface area contributed by atoms with Gasteiger partial charge in [-0.05, 0) is 52.2 Å². The van der Waals surface area contributed by atoms with E-state index in [1.807, 2.05) is 18.2 Å². The molecule has 0 aliphatic heterocycles. The fraction of sp³-hybridized carbons (Fsp3) is 0.700. The van der Waals surface area contributed by atoms with Crippen molar-refractivity contribution in [1.29, 1.82) is 0 Å². The first kappa shape index (κ1) is 20.6. The summed E-state index contributed by atoms with van der Waals surface area (Å²) in [5.41, 5.74) is 6.11. The van der Waals surface area contributed by atoms with Crippen molar-refractivity contribution in [3.63, 3.8) is 0 Å². The smallest absolute Gasteiger partial charge is 0.230 e. The van der Waals surface area contributed by atoms with Crippen molar-refractivity contribution in [2.45, 2.75) is 78.3 Å². The zero-order valence-electron chi connectivity index (χ0n) is 16.2. The molecule has 2 N–H and O–H groups in total. The van der Waals surface area contributed by atoms with Gasteiger partial charge in [0, 0.05) is 24.8 Å². The van der Waals surface area contributed by atoms with Crippen molar-refractivity contribution in [2.75, 3.05) is 6.54 Å². The number of rotatable bonds is 10. The number of carbonyl (C=O) groups is 1. The van der Waals surface area contributed by atoms with Crippen LogP contribution in [0.5, 0.6) is 0 Å². The Labute approximate surface area is 147 Å². The van der Waals surface area contributed by atoms with E-state index in [-0.39, 0.29) is 11.8 Å². The second-order valence-electron chi connectivity index (χ2n) is 7.24. The summed E-state index contributed by atoms with van der Waals surface area (Å²) in [6.45, 7) is 13.9. The molecule has 1 rings (SSSR count). The number of nitrogens with two attached hydrogens (primary N) is 1. The largest absolute Gasteiger partial charge is 0.369 e. The molecule has 0 saturated heterocycles. The normalized spacial score (nSPS) is 14.6. The summed E-state index contributed by atoms with van der Waals surface area (Å²) < 4.78 is 0. The van der Waals surface area contributed by atoms with Crippen LogP contribution in [0.15, 0.2) is 24.4 Å². The molecule has 4 nitrogen and oxygen atoms in total. The number of hydrogen-bond acceptors (Lipinski definition) is 3. The van der Waals surface area contributed by atoms with Gasteiger partial charge in [-0.1, -0.05) is 32.8 Å². The van der Waals surface area contributed by atoms with E-state index in [2.05, 4.69) is 51.4 Å². The molecular weight excluding hydrogens is 298 g/mol. The van der Waals surface area contributed by atoms with Gasteiger partial charge < -0.3 is 5.73 Å². The summed E-state index contributed by atoms with van der Waals surface area (Å²) in [5, 5.41) is 0. The average molecular weight is 334 g/mol. The van der Waals surface area contributed by atoms with Gasteiger partial charge in [0.15, 0.2) is 0 Å². The molecule has 0 aliphatic carbocycles. The fourth-order valence-corrected chi connectivity index (χ4v) is 4.02. The molecule has 0 unspecified atom stereocenters. The highest BCUT2D eigenvalue weighted by Gasteiger charge is 2.45. The van der Waals surface area contributed by atoms with Crippen LogP contribution in [0.1, 0.15) is 66.5 Å². The number of amides is 1. The molecule has 0 aromatic carbocycles. The topological polar surface area (TPSA) is 59.2 Å². The lowest BCUT2D eigenvalue weighted by Gasteiger charge is -2.40. The number of nitrogens with zero attached hydrogens (tertiary/aromatic N) is 2. The summed E-state index contributed by atoms with van der Waals surface area (Å²) >= 11 is 0. The maximum Gasteiger partial charge on any atom is 0.230 e. The van der Waals surface area contributed by atoms with Gasteiger partial charge in [0.05, 0.1) is 11.1 Å². The fourth-order valence-electron chi connectivity index (χ4n) is 4.02. The monoisotopic (exact) mass is 333 g/mol. The van der Waals surface area contributed by atoms with Gasteiger partial charge in [0.1, 0.15) is 0 Å². The van der Waals surface area contributed by atoms with Crippen LogP contribution in [0.4, 0.5) is 0 Å². The molecule has 1 amide bonds. The van der Waals surface area contributed by atoms with Gasteiger partial charge in [-0.15, -0.1) is 0 Å². The second kappa shape index (κ2) is 9.16. The maximum atomic E-state index is 12.7. The van der Waals surface area contributed by atoms with Gasteiger partial charge in [-0.2, -0.15) is 0 Å². The Morgan fingerprint density at radius 1 is 1.17 bits per heavy atom. The molecule has 1 aromatic heterocycles. The van der Waals surface area contributed by atoms with Gasteiger partial charge in [-0.25, -0.2) is 0 Å². The van der Waals surface area contributed by atoms with E-state index in [1.165, 1.54) is 0 Å². The first-order valence-corrected chi connectivity index (χ1v) is 9.28. The van der Waals surface area contributed by atoms with E-state index < -0.39 is 5.41 Å². The van der Waals surface area contributed by atoms with E-state index in [0.29, 0.717) is 18.5 Å². The van der Waals surface area contributed by atoms with Gasteiger partial charge in [-0.3, -0.25) is 14.7 Å². The van der Waals surface area contributed by atoms with Gasteiger partial charge in [0.2, 0.25) is 5.91 Å². The van der Waals surface area contributed by atoms with Crippen LogP contribution >= 0.6 is 0 Å². The minimum Gasteiger partial charge on any atom is -0.369 e. The molecular formula is C20H35N3O. The van der Waals surface area contributed by atoms with Crippen molar-refractivity contribution < 1.29 is 4.79 Å². The predicted molar refractivity (Wildman–Crippen MR) is 101 cm³/mol. The quantitative estimate of drug-likeness (QED) is 0.709. The summed E-state index contributed by atoms with van der Waals surface area (Å²) in [6.07, 6.45) is 4.30. The minimum atomic E-state index is -0.702. The van der Waals surface area contributed by atoms with Crippen LogP contribution in [0.3, 0.4) is 0 Å². The summed E-state index contributed by atoms with van der Waals surface area (Å²) in [5.74, 6) is -0.0477. The van der Waals surface area contributed by atoms with Crippen molar-refractivity contribution in [1.82, 2.24) is 9.88 Å².